The van der Waals surface area contributed by atoms with Crippen molar-refractivity contribution in [1.82, 2.24) is 9.97 Å². The number of carboxylic acid groups (broad SMARTS) is 1. The van der Waals surface area contributed by atoms with Gasteiger partial charge in [-0.1, -0.05) is 30.3 Å². The maximum Gasteiger partial charge on any atom is 0.354 e. The van der Waals surface area contributed by atoms with E-state index in [1.54, 1.807) is 18.5 Å². The lowest BCUT2D eigenvalue weighted by molar-refractivity contribution is 0.0691. The minimum Gasteiger partial charge on any atom is -0.477 e. The lowest BCUT2D eigenvalue weighted by atomic mass is 10.0. The summed E-state index contributed by atoms with van der Waals surface area (Å²) >= 11 is 0. The van der Waals surface area contributed by atoms with Crippen molar-refractivity contribution in [3.63, 3.8) is 0 Å². The van der Waals surface area contributed by atoms with Gasteiger partial charge in [-0.3, -0.25) is 4.98 Å². The smallest absolute Gasteiger partial charge is 0.354 e. The van der Waals surface area contributed by atoms with Crippen LogP contribution in [0.2, 0.25) is 0 Å². The molecule has 0 amide bonds. The molecule has 0 unspecified atom stereocenters. The first kappa shape index (κ1) is 11.3. The Morgan fingerprint density at radius 3 is 2.53 bits per heavy atom. The Hall–Kier alpha value is -2.75. The molecule has 0 spiro atoms. The summed E-state index contributed by atoms with van der Waals surface area (Å²) in [5.74, 6) is -1.03. The van der Waals surface area contributed by atoms with Crippen LogP contribution in [-0.4, -0.2) is 21.0 Å². The molecule has 0 aliphatic heterocycles. The fourth-order valence-corrected chi connectivity index (χ4v) is 1.99. The van der Waals surface area contributed by atoms with Gasteiger partial charge in [0.2, 0.25) is 0 Å². The van der Waals surface area contributed by atoms with Gasteiger partial charge in [0.25, 0.3) is 0 Å². The Balaban J connectivity index is 2.30. The van der Waals surface area contributed by atoms with Crippen LogP contribution in [-0.2, 0) is 0 Å². The van der Waals surface area contributed by atoms with Gasteiger partial charge >= 0.3 is 5.97 Å². The molecule has 0 fully saturated rings. The van der Waals surface area contributed by atoms with Gasteiger partial charge in [-0.2, -0.15) is 0 Å². The summed E-state index contributed by atoms with van der Waals surface area (Å²) in [7, 11) is 0. The Labute approximate surface area is 109 Å². The SMILES string of the molecule is O=C(O)c1ccc2cncc(-c3ccccc3)c2n1. The fourth-order valence-electron chi connectivity index (χ4n) is 1.99. The van der Waals surface area contributed by atoms with Crippen molar-refractivity contribution >= 4 is 16.9 Å². The van der Waals surface area contributed by atoms with E-state index in [9.17, 15) is 4.79 Å². The molecule has 19 heavy (non-hydrogen) atoms. The monoisotopic (exact) mass is 250 g/mol. The molecule has 0 radical (unpaired) electrons. The Morgan fingerprint density at radius 2 is 1.79 bits per heavy atom. The predicted molar refractivity (Wildman–Crippen MR) is 71.9 cm³/mol. The lowest BCUT2D eigenvalue weighted by Gasteiger charge is -2.06. The van der Waals surface area contributed by atoms with Gasteiger partial charge < -0.3 is 5.11 Å². The van der Waals surface area contributed by atoms with E-state index in [0.29, 0.717) is 5.52 Å². The zero-order chi connectivity index (χ0) is 13.2. The maximum absolute atomic E-state index is 11.0. The Morgan fingerprint density at radius 1 is 1.00 bits per heavy atom. The van der Waals surface area contributed by atoms with Gasteiger partial charge in [-0.15, -0.1) is 0 Å². The standard InChI is InChI=1S/C15H10N2O2/c18-15(19)13-7-6-11-8-16-9-12(14(11)17-13)10-4-2-1-3-5-10/h1-9H,(H,18,19). The quantitative estimate of drug-likeness (QED) is 0.759. The molecular weight excluding hydrogens is 240 g/mol. The van der Waals surface area contributed by atoms with Crippen LogP contribution in [0, 0.1) is 0 Å². The molecular formula is C15H10N2O2. The number of benzene rings is 1. The number of hydrogen-bond donors (Lipinski definition) is 1. The third kappa shape index (κ3) is 2.04. The largest absolute Gasteiger partial charge is 0.477 e. The van der Waals surface area contributed by atoms with Gasteiger partial charge in [-0.05, 0) is 17.7 Å². The molecule has 0 aliphatic carbocycles. The van der Waals surface area contributed by atoms with Crippen molar-refractivity contribution in [3.05, 3.63) is 60.6 Å². The maximum atomic E-state index is 11.0. The van der Waals surface area contributed by atoms with E-state index < -0.39 is 5.97 Å². The number of aromatic carboxylic acids is 1. The zero-order valence-corrected chi connectivity index (χ0v) is 9.95. The summed E-state index contributed by atoms with van der Waals surface area (Å²) in [4.78, 5) is 19.4. The number of pyridine rings is 2. The minimum absolute atomic E-state index is 0.0379. The second kappa shape index (κ2) is 4.49. The first-order chi connectivity index (χ1) is 9.25. The molecule has 1 aromatic carbocycles. The number of rotatable bonds is 2. The van der Waals surface area contributed by atoms with E-state index in [1.165, 1.54) is 6.07 Å². The molecule has 2 aromatic heterocycles. The van der Waals surface area contributed by atoms with Crippen LogP contribution in [0.15, 0.2) is 54.9 Å². The molecule has 2 heterocycles. The molecule has 0 aliphatic rings. The summed E-state index contributed by atoms with van der Waals surface area (Å²) in [5, 5.41) is 9.85. The minimum atomic E-state index is -1.03. The van der Waals surface area contributed by atoms with Gasteiger partial charge in [0, 0.05) is 23.3 Å². The van der Waals surface area contributed by atoms with Crippen molar-refractivity contribution in [2.24, 2.45) is 0 Å². The average molecular weight is 250 g/mol. The Bertz CT molecular complexity index is 754. The highest BCUT2D eigenvalue weighted by Gasteiger charge is 2.09. The summed E-state index contributed by atoms with van der Waals surface area (Å²) in [6, 6.07) is 12.9. The molecule has 4 nitrogen and oxygen atoms in total. The molecule has 4 heteroatoms. The van der Waals surface area contributed by atoms with Gasteiger partial charge in [-0.25, -0.2) is 9.78 Å². The highest BCUT2D eigenvalue weighted by Crippen LogP contribution is 2.26. The van der Waals surface area contributed by atoms with Crippen molar-refractivity contribution in [1.29, 1.82) is 0 Å². The topological polar surface area (TPSA) is 63.1 Å². The van der Waals surface area contributed by atoms with E-state index >= 15 is 0 Å². The third-order valence-corrected chi connectivity index (χ3v) is 2.90. The number of carbonyl (C=O) groups is 1. The number of aromatic nitrogens is 2. The Kier molecular flexibility index (Phi) is 2.68. The lowest BCUT2D eigenvalue weighted by Crippen LogP contribution is -2.00. The van der Waals surface area contributed by atoms with Crippen molar-refractivity contribution in [2.75, 3.05) is 0 Å². The van der Waals surface area contributed by atoms with Crippen molar-refractivity contribution in [2.45, 2.75) is 0 Å². The van der Waals surface area contributed by atoms with Gasteiger partial charge in [0.05, 0.1) is 5.52 Å². The van der Waals surface area contributed by atoms with Crippen LogP contribution in [0.3, 0.4) is 0 Å². The molecule has 0 atom stereocenters. The van der Waals surface area contributed by atoms with Crippen LogP contribution in [0.25, 0.3) is 22.0 Å². The number of hydrogen-bond acceptors (Lipinski definition) is 3. The van der Waals surface area contributed by atoms with Crippen molar-refractivity contribution < 1.29 is 9.90 Å². The molecule has 0 saturated heterocycles. The van der Waals surface area contributed by atoms with Crippen LogP contribution in [0.5, 0.6) is 0 Å². The summed E-state index contributed by atoms with van der Waals surface area (Å²) < 4.78 is 0. The third-order valence-electron chi connectivity index (χ3n) is 2.90. The zero-order valence-electron chi connectivity index (χ0n) is 9.95. The molecule has 0 bridgehead atoms. The number of carboxylic acids is 1. The summed E-state index contributed by atoms with van der Waals surface area (Å²) in [5.41, 5.74) is 2.49. The van der Waals surface area contributed by atoms with Crippen LogP contribution in [0.1, 0.15) is 10.5 Å². The van der Waals surface area contributed by atoms with Crippen LogP contribution < -0.4 is 0 Å². The summed E-state index contributed by atoms with van der Waals surface area (Å²) in [6.07, 6.45) is 3.39. The van der Waals surface area contributed by atoms with Crippen LogP contribution >= 0.6 is 0 Å². The molecule has 1 N–H and O–H groups in total. The van der Waals surface area contributed by atoms with Gasteiger partial charge in [0.15, 0.2) is 0 Å². The van der Waals surface area contributed by atoms with Gasteiger partial charge in [0.1, 0.15) is 5.69 Å². The van der Waals surface area contributed by atoms with Crippen molar-refractivity contribution in [3.8, 4) is 11.1 Å². The van der Waals surface area contributed by atoms with E-state index in [4.69, 9.17) is 5.11 Å². The second-order valence-corrected chi connectivity index (χ2v) is 4.13. The van der Waals surface area contributed by atoms with E-state index in [-0.39, 0.29) is 5.69 Å². The highest BCUT2D eigenvalue weighted by atomic mass is 16.4. The van der Waals surface area contributed by atoms with E-state index in [1.807, 2.05) is 30.3 Å². The summed E-state index contributed by atoms with van der Waals surface area (Å²) in [6.45, 7) is 0. The predicted octanol–water partition coefficient (Wildman–Crippen LogP) is 3.00. The molecule has 0 saturated carbocycles. The fraction of sp³-hybridized carbons (Fsp3) is 0. The second-order valence-electron chi connectivity index (χ2n) is 4.13. The van der Waals surface area contributed by atoms with E-state index in [0.717, 1.165) is 16.5 Å². The normalized spacial score (nSPS) is 10.5. The molecule has 3 aromatic rings. The van der Waals surface area contributed by atoms with E-state index in [2.05, 4.69) is 9.97 Å². The van der Waals surface area contributed by atoms with Crippen LogP contribution in [0.4, 0.5) is 0 Å². The number of nitrogens with zero attached hydrogens (tertiary/aromatic N) is 2. The molecule has 92 valence electrons. The average Bonchev–Trinajstić information content (AvgIpc) is 2.47. The highest BCUT2D eigenvalue weighted by molar-refractivity contribution is 5.96. The first-order valence-electron chi connectivity index (χ1n) is 5.79. The first-order valence-corrected chi connectivity index (χ1v) is 5.79. The number of fused-ring (bicyclic) bond motifs is 1. The molecule has 3 rings (SSSR count).